The summed E-state index contributed by atoms with van der Waals surface area (Å²) in [4.78, 5) is 34.0. The van der Waals surface area contributed by atoms with Crippen LogP contribution in [-0.4, -0.2) is 34.5 Å². The Hall–Kier alpha value is -3.15. The SMILES string of the molecule is O=C(O)C(C(=O)O)C(=O)c1ccc(NCCCCCCCCCCCc2ccccc2)cc1. The van der Waals surface area contributed by atoms with Gasteiger partial charge in [0.05, 0.1) is 0 Å². The summed E-state index contributed by atoms with van der Waals surface area (Å²) in [5, 5.41) is 21.1. The van der Waals surface area contributed by atoms with Crippen LogP contribution in [0.25, 0.3) is 0 Å². The highest BCUT2D eigenvalue weighted by molar-refractivity contribution is 6.20. The molecule has 33 heavy (non-hydrogen) atoms. The normalized spacial score (nSPS) is 10.8. The Kier molecular flexibility index (Phi) is 11.7. The first-order chi connectivity index (χ1) is 16.0. The summed E-state index contributed by atoms with van der Waals surface area (Å²) in [5.74, 6) is -6.30. The van der Waals surface area contributed by atoms with Crippen LogP contribution < -0.4 is 5.32 Å². The number of aliphatic carboxylic acids is 2. The lowest BCUT2D eigenvalue weighted by molar-refractivity contribution is -0.151. The first-order valence-electron chi connectivity index (χ1n) is 11.9. The summed E-state index contributed by atoms with van der Waals surface area (Å²) in [6.07, 6.45) is 12.4. The summed E-state index contributed by atoms with van der Waals surface area (Å²) < 4.78 is 0. The Balaban J connectivity index is 1.49. The van der Waals surface area contributed by atoms with Crippen molar-refractivity contribution in [2.75, 3.05) is 11.9 Å². The minimum Gasteiger partial charge on any atom is -0.480 e. The lowest BCUT2D eigenvalue weighted by Gasteiger charge is -2.09. The quantitative estimate of drug-likeness (QED) is 0.158. The Morgan fingerprint density at radius 2 is 1.18 bits per heavy atom. The van der Waals surface area contributed by atoms with Crippen LogP contribution >= 0.6 is 0 Å². The molecule has 0 aliphatic rings. The van der Waals surface area contributed by atoms with E-state index in [0.717, 1.165) is 25.1 Å². The average Bonchev–Trinajstić information content (AvgIpc) is 2.80. The van der Waals surface area contributed by atoms with Crippen molar-refractivity contribution >= 4 is 23.4 Å². The van der Waals surface area contributed by atoms with Gasteiger partial charge < -0.3 is 15.5 Å². The maximum Gasteiger partial charge on any atom is 0.325 e. The molecule has 6 heteroatoms. The Morgan fingerprint density at radius 3 is 1.73 bits per heavy atom. The monoisotopic (exact) mass is 453 g/mol. The van der Waals surface area contributed by atoms with Gasteiger partial charge in [0.25, 0.3) is 0 Å². The fourth-order valence-electron chi connectivity index (χ4n) is 3.82. The molecule has 0 bridgehead atoms. The largest absolute Gasteiger partial charge is 0.480 e. The van der Waals surface area contributed by atoms with E-state index in [9.17, 15) is 14.4 Å². The lowest BCUT2D eigenvalue weighted by Crippen LogP contribution is -2.31. The molecule has 2 rings (SSSR count). The molecule has 0 aliphatic carbocycles. The van der Waals surface area contributed by atoms with E-state index in [4.69, 9.17) is 10.2 Å². The minimum atomic E-state index is -2.07. The predicted molar refractivity (Wildman–Crippen MR) is 130 cm³/mol. The number of carbonyl (C=O) groups excluding carboxylic acids is 1. The van der Waals surface area contributed by atoms with E-state index in [-0.39, 0.29) is 5.56 Å². The number of rotatable bonds is 17. The van der Waals surface area contributed by atoms with Crippen molar-refractivity contribution in [1.29, 1.82) is 0 Å². The van der Waals surface area contributed by atoms with Gasteiger partial charge in [-0.2, -0.15) is 0 Å². The van der Waals surface area contributed by atoms with Gasteiger partial charge >= 0.3 is 11.9 Å². The van der Waals surface area contributed by atoms with Crippen molar-refractivity contribution in [3.8, 4) is 0 Å². The number of carboxylic acid groups (broad SMARTS) is 2. The summed E-state index contributed by atoms with van der Waals surface area (Å²) in [7, 11) is 0. The fourth-order valence-corrected chi connectivity index (χ4v) is 3.82. The second-order valence-electron chi connectivity index (χ2n) is 8.40. The maximum atomic E-state index is 12.1. The second-order valence-corrected chi connectivity index (χ2v) is 8.40. The summed E-state index contributed by atoms with van der Waals surface area (Å²) in [5.41, 5.74) is 2.33. The molecule has 0 heterocycles. The smallest absolute Gasteiger partial charge is 0.325 e. The molecule has 0 saturated heterocycles. The van der Waals surface area contributed by atoms with Crippen molar-refractivity contribution < 1.29 is 24.6 Å². The van der Waals surface area contributed by atoms with E-state index < -0.39 is 23.6 Å². The van der Waals surface area contributed by atoms with Gasteiger partial charge in [0.1, 0.15) is 0 Å². The van der Waals surface area contributed by atoms with E-state index in [1.54, 1.807) is 12.1 Å². The number of hydrogen-bond acceptors (Lipinski definition) is 4. The first kappa shape index (κ1) is 26.1. The molecule has 2 aromatic carbocycles. The number of ketones is 1. The van der Waals surface area contributed by atoms with Crippen LogP contribution in [0.15, 0.2) is 54.6 Å². The van der Waals surface area contributed by atoms with Gasteiger partial charge in [-0.25, -0.2) is 0 Å². The summed E-state index contributed by atoms with van der Waals surface area (Å²) >= 11 is 0. The molecule has 0 aromatic heterocycles. The van der Waals surface area contributed by atoms with Crippen LogP contribution in [0.5, 0.6) is 0 Å². The molecule has 3 N–H and O–H groups in total. The Labute approximate surface area is 196 Å². The molecular formula is C27H35NO5. The predicted octanol–water partition coefficient (Wildman–Crippen LogP) is 5.82. The third-order valence-corrected chi connectivity index (χ3v) is 5.74. The molecule has 0 atom stereocenters. The zero-order valence-corrected chi connectivity index (χ0v) is 19.2. The highest BCUT2D eigenvalue weighted by Crippen LogP contribution is 2.15. The van der Waals surface area contributed by atoms with Crippen LogP contribution in [0.3, 0.4) is 0 Å². The first-order valence-corrected chi connectivity index (χ1v) is 11.9. The van der Waals surface area contributed by atoms with Crippen LogP contribution in [-0.2, 0) is 16.0 Å². The van der Waals surface area contributed by atoms with Crippen LogP contribution in [0.1, 0.15) is 73.7 Å². The van der Waals surface area contributed by atoms with Gasteiger partial charge in [0.15, 0.2) is 5.78 Å². The van der Waals surface area contributed by atoms with E-state index in [2.05, 4.69) is 35.6 Å². The molecule has 178 valence electrons. The van der Waals surface area contributed by atoms with Crippen molar-refractivity contribution in [1.82, 2.24) is 0 Å². The van der Waals surface area contributed by atoms with E-state index in [0.29, 0.717) is 0 Å². The van der Waals surface area contributed by atoms with Gasteiger partial charge in [-0.15, -0.1) is 0 Å². The number of aryl methyl sites for hydroxylation is 1. The van der Waals surface area contributed by atoms with Crippen molar-refractivity contribution in [3.05, 3.63) is 65.7 Å². The molecular weight excluding hydrogens is 418 g/mol. The average molecular weight is 454 g/mol. The molecule has 0 saturated carbocycles. The molecule has 0 radical (unpaired) electrons. The number of anilines is 1. The number of carbonyl (C=O) groups is 3. The summed E-state index contributed by atoms with van der Waals surface area (Å²) in [6.45, 7) is 0.819. The topological polar surface area (TPSA) is 104 Å². The Bertz CT molecular complexity index is 850. The number of unbranched alkanes of at least 4 members (excludes halogenated alkanes) is 8. The molecule has 0 amide bonds. The second kappa shape index (κ2) is 14.8. The van der Waals surface area contributed by atoms with Crippen LogP contribution in [0, 0.1) is 5.92 Å². The zero-order chi connectivity index (χ0) is 23.9. The fraction of sp³-hybridized carbons (Fsp3) is 0.444. The molecule has 0 unspecified atom stereocenters. The third kappa shape index (κ3) is 9.89. The number of nitrogens with one attached hydrogen (secondary N) is 1. The van der Waals surface area contributed by atoms with E-state index in [1.807, 2.05) is 0 Å². The minimum absolute atomic E-state index is 0.0791. The van der Waals surface area contributed by atoms with Crippen LogP contribution in [0.4, 0.5) is 5.69 Å². The molecule has 6 nitrogen and oxygen atoms in total. The number of hydrogen-bond donors (Lipinski definition) is 3. The van der Waals surface area contributed by atoms with Crippen LogP contribution in [0.2, 0.25) is 0 Å². The maximum absolute atomic E-state index is 12.1. The van der Waals surface area contributed by atoms with E-state index in [1.165, 1.54) is 69.1 Å². The van der Waals surface area contributed by atoms with Gasteiger partial charge in [0, 0.05) is 17.8 Å². The van der Waals surface area contributed by atoms with Crippen molar-refractivity contribution in [2.24, 2.45) is 5.92 Å². The highest BCUT2D eigenvalue weighted by Gasteiger charge is 2.34. The number of carboxylic acids is 2. The van der Waals surface area contributed by atoms with Crippen molar-refractivity contribution in [2.45, 2.75) is 64.2 Å². The summed E-state index contributed by atoms with van der Waals surface area (Å²) in [6, 6.07) is 16.9. The van der Waals surface area contributed by atoms with E-state index >= 15 is 0 Å². The third-order valence-electron chi connectivity index (χ3n) is 5.74. The molecule has 0 fully saturated rings. The van der Waals surface area contributed by atoms with Gasteiger partial charge in [-0.1, -0.05) is 75.3 Å². The number of Topliss-reactive ketones (excluding diaryl/α,β-unsaturated/α-hetero) is 1. The zero-order valence-electron chi connectivity index (χ0n) is 19.2. The van der Waals surface area contributed by atoms with Gasteiger partial charge in [-0.3, -0.25) is 14.4 Å². The highest BCUT2D eigenvalue weighted by atomic mass is 16.4. The molecule has 0 aliphatic heterocycles. The molecule has 2 aromatic rings. The molecule has 0 spiro atoms. The van der Waals surface area contributed by atoms with Crippen molar-refractivity contribution in [3.63, 3.8) is 0 Å². The lowest BCUT2D eigenvalue weighted by atomic mass is 9.97. The van der Waals surface area contributed by atoms with Gasteiger partial charge in [0.2, 0.25) is 5.92 Å². The number of benzene rings is 2. The Morgan fingerprint density at radius 1 is 0.667 bits per heavy atom. The standard InChI is InChI=1S/C27H35NO5/c29-25(24(26(30)31)27(32)33)22-16-18-23(19-17-22)28-20-12-7-5-3-1-2-4-6-9-13-21-14-10-8-11-15-21/h8,10-11,14-19,24,28H,1-7,9,12-13,20H2,(H,30,31)(H,32,33). The van der Waals surface area contributed by atoms with Gasteiger partial charge in [-0.05, 0) is 49.1 Å².